The summed E-state index contributed by atoms with van der Waals surface area (Å²) >= 11 is 5.58. The summed E-state index contributed by atoms with van der Waals surface area (Å²) in [6, 6.07) is 4.05. The van der Waals surface area contributed by atoms with E-state index in [-0.39, 0.29) is 16.4 Å². The Morgan fingerprint density at radius 3 is 2.48 bits per heavy atom. The Hall–Kier alpha value is -2.54. The molecule has 0 aliphatic carbocycles. The summed E-state index contributed by atoms with van der Waals surface area (Å²) in [5, 5.41) is 2.39. The van der Waals surface area contributed by atoms with Crippen molar-refractivity contribution in [1.82, 2.24) is 4.98 Å². The lowest BCUT2D eigenvalue weighted by Gasteiger charge is -2.08. The van der Waals surface area contributed by atoms with E-state index in [1.165, 1.54) is 18.3 Å². The topological polar surface area (TPSA) is 85.1 Å². The molecular formula is C13H8ClF2N3O2. The summed E-state index contributed by atoms with van der Waals surface area (Å²) in [5.74, 6) is -3.91. The summed E-state index contributed by atoms with van der Waals surface area (Å²) < 4.78 is 26.9. The molecular weight excluding hydrogens is 304 g/mol. The molecule has 0 saturated heterocycles. The number of hydrogen-bond donors (Lipinski definition) is 2. The second kappa shape index (κ2) is 5.84. The molecule has 5 nitrogen and oxygen atoms in total. The SMILES string of the molecule is NC(=O)c1cc(NC(=O)c2ccc(Cl)nc2)c(F)cc1F. The first-order valence-corrected chi connectivity index (χ1v) is 5.98. The lowest BCUT2D eigenvalue weighted by Crippen LogP contribution is -2.17. The third-order valence-corrected chi connectivity index (χ3v) is 2.78. The van der Waals surface area contributed by atoms with Gasteiger partial charge in [-0.05, 0) is 18.2 Å². The number of halogens is 3. The van der Waals surface area contributed by atoms with Gasteiger partial charge in [-0.2, -0.15) is 0 Å². The Morgan fingerprint density at radius 2 is 1.90 bits per heavy atom. The van der Waals surface area contributed by atoms with Gasteiger partial charge in [0.15, 0.2) is 0 Å². The molecule has 0 aliphatic heterocycles. The lowest BCUT2D eigenvalue weighted by atomic mass is 10.1. The van der Waals surface area contributed by atoms with Crippen LogP contribution >= 0.6 is 11.6 Å². The molecule has 0 spiro atoms. The summed E-state index contributed by atoms with van der Waals surface area (Å²) in [7, 11) is 0. The van der Waals surface area contributed by atoms with Gasteiger partial charge in [0.05, 0.1) is 16.8 Å². The molecule has 21 heavy (non-hydrogen) atoms. The van der Waals surface area contributed by atoms with E-state index in [1.807, 2.05) is 0 Å². The number of carbonyl (C=O) groups is 2. The Kier molecular flexibility index (Phi) is 4.13. The molecule has 1 heterocycles. The fourth-order valence-electron chi connectivity index (χ4n) is 1.54. The second-order valence-corrected chi connectivity index (χ2v) is 4.39. The van der Waals surface area contributed by atoms with Crippen LogP contribution in [0.25, 0.3) is 0 Å². The number of anilines is 1. The molecule has 0 fully saturated rings. The first kappa shape index (κ1) is 14.9. The van der Waals surface area contributed by atoms with E-state index in [9.17, 15) is 18.4 Å². The van der Waals surface area contributed by atoms with Crippen molar-refractivity contribution >= 4 is 29.1 Å². The minimum absolute atomic E-state index is 0.115. The van der Waals surface area contributed by atoms with E-state index >= 15 is 0 Å². The van der Waals surface area contributed by atoms with Gasteiger partial charge in [-0.25, -0.2) is 13.8 Å². The summed E-state index contributed by atoms with van der Waals surface area (Å²) in [6.45, 7) is 0. The Bertz CT molecular complexity index is 720. The van der Waals surface area contributed by atoms with Crippen LogP contribution < -0.4 is 11.1 Å². The van der Waals surface area contributed by atoms with E-state index < -0.39 is 29.0 Å². The summed E-state index contributed by atoms with van der Waals surface area (Å²) in [4.78, 5) is 26.6. The molecule has 1 aromatic heterocycles. The molecule has 2 amide bonds. The van der Waals surface area contributed by atoms with Gasteiger partial charge in [-0.3, -0.25) is 9.59 Å². The van der Waals surface area contributed by atoms with Crippen LogP contribution in [0.4, 0.5) is 14.5 Å². The Balaban J connectivity index is 2.30. The van der Waals surface area contributed by atoms with Crippen molar-refractivity contribution in [2.75, 3.05) is 5.32 Å². The predicted octanol–water partition coefficient (Wildman–Crippen LogP) is 2.36. The maximum absolute atomic E-state index is 13.6. The lowest BCUT2D eigenvalue weighted by molar-refractivity contribution is 0.0992. The number of nitrogens with one attached hydrogen (secondary N) is 1. The maximum atomic E-state index is 13.6. The molecule has 0 radical (unpaired) electrons. The van der Waals surface area contributed by atoms with Crippen molar-refractivity contribution < 1.29 is 18.4 Å². The van der Waals surface area contributed by atoms with Gasteiger partial charge in [0.25, 0.3) is 11.8 Å². The number of nitrogens with zero attached hydrogens (tertiary/aromatic N) is 1. The van der Waals surface area contributed by atoms with Gasteiger partial charge in [0.2, 0.25) is 0 Å². The molecule has 0 saturated carbocycles. The van der Waals surface area contributed by atoms with Gasteiger partial charge in [0.1, 0.15) is 16.8 Å². The molecule has 0 atom stereocenters. The summed E-state index contributed by atoms with van der Waals surface area (Å²) in [6.07, 6.45) is 1.19. The molecule has 1 aromatic carbocycles. The average molecular weight is 312 g/mol. The van der Waals surface area contributed by atoms with E-state index in [1.54, 1.807) is 0 Å². The zero-order valence-electron chi connectivity index (χ0n) is 10.4. The minimum atomic E-state index is -1.11. The van der Waals surface area contributed by atoms with Gasteiger partial charge >= 0.3 is 0 Å². The quantitative estimate of drug-likeness (QED) is 0.853. The van der Waals surface area contributed by atoms with Gasteiger partial charge in [-0.15, -0.1) is 0 Å². The van der Waals surface area contributed by atoms with Crippen molar-refractivity contribution in [2.45, 2.75) is 0 Å². The molecule has 8 heteroatoms. The highest BCUT2D eigenvalue weighted by molar-refractivity contribution is 6.29. The highest BCUT2D eigenvalue weighted by Gasteiger charge is 2.16. The van der Waals surface area contributed by atoms with Gasteiger partial charge in [0, 0.05) is 12.3 Å². The smallest absolute Gasteiger partial charge is 0.257 e. The van der Waals surface area contributed by atoms with Crippen LogP contribution in [0.15, 0.2) is 30.5 Å². The van der Waals surface area contributed by atoms with Crippen LogP contribution in [0.1, 0.15) is 20.7 Å². The largest absolute Gasteiger partial charge is 0.366 e. The minimum Gasteiger partial charge on any atom is -0.366 e. The molecule has 3 N–H and O–H groups in total. The van der Waals surface area contributed by atoms with Crippen LogP contribution in [0.5, 0.6) is 0 Å². The fourth-order valence-corrected chi connectivity index (χ4v) is 1.65. The molecule has 0 unspecified atom stereocenters. The van der Waals surface area contributed by atoms with Crippen LogP contribution in [0.3, 0.4) is 0 Å². The number of amides is 2. The van der Waals surface area contributed by atoms with Crippen molar-refractivity contribution in [3.63, 3.8) is 0 Å². The first-order chi connectivity index (χ1) is 9.88. The third kappa shape index (κ3) is 3.32. The monoisotopic (exact) mass is 311 g/mol. The number of aromatic nitrogens is 1. The van der Waals surface area contributed by atoms with Gasteiger partial charge in [-0.1, -0.05) is 11.6 Å². The standard InChI is InChI=1S/C13H8ClF2N3O2/c14-11-2-1-6(5-18-11)13(21)19-10-3-7(12(17)20)8(15)4-9(10)16/h1-5H,(H2,17,20)(H,19,21). The van der Waals surface area contributed by atoms with E-state index in [0.29, 0.717) is 6.07 Å². The van der Waals surface area contributed by atoms with E-state index in [2.05, 4.69) is 10.3 Å². The zero-order valence-corrected chi connectivity index (χ0v) is 11.1. The molecule has 0 bridgehead atoms. The highest BCUT2D eigenvalue weighted by Crippen LogP contribution is 2.20. The maximum Gasteiger partial charge on any atom is 0.257 e. The first-order valence-electron chi connectivity index (χ1n) is 5.60. The number of benzene rings is 1. The van der Waals surface area contributed by atoms with Crippen molar-refractivity contribution in [3.05, 3.63) is 58.4 Å². The predicted molar refractivity (Wildman–Crippen MR) is 72.1 cm³/mol. The number of nitrogens with two attached hydrogens (primary N) is 1. The van der Waals surface area contributed by atoms with Crippen molar-refractivity contribution in [1.29, 1.82) is 0 Å². The van der Waals surface area contributed by atoms with Crippen LogP contribution in [-0.4, -0.2) is 16.8 Å². The summed E-state index contributed by atoms with van der Waals surface area (Å²) in [5.41, 5.74) is 4.17. The molecule has 2 aromatic rings. The fraction of sp³-hybridized carbons (Fsp3) is 0. The number of hydrogen-bond acceptors (Lipinski definition) is 3. The highest BCUT2D eigenvalue weighted by atomic mass is 35.5. The zero-order chi connectivity index (χ0) is 15.6. The normalized spacial score (nSPS) is 10.2. The van der Waals surface area contributed by atoms with Gasteiger partial charge < -0.3 is 11.1 Å². The number of rotatable bonds is 3. The Morgan fingerprint density at radius 1 is 1.19 bits per heavy atom. The molecule has 108 valence electrons. The van der Waals surface area contributed by atoms with Crippen LogP contribution in [0.2, 0.25) is 5.15 Å². The van der Waals surface area contributed by atoms with Crippen LogP contribution in [0, 0.1) is 11.6 Å². The number of pyridine rings is 1. The molecule has 0 aliphatic rings. The van der Waals surface area contributed by atoms with E-state index in [4.69, 9.17) is 17.3 Å². The Labute approximate surface area is 122 Å². The number of primary amides is 1. The van der Waals surface area contributed by atoms with Crippen molar-refractivity contribution in [3.8, 4) is 0 Å². The third-order valence-electron chi connectivity index (χ3n) is 2.56. The number of carbonyl (C=O) groups excluding carboxylic acids is 2. The molecule has 2 rings (SSSR count). The van der Waals surface area contributed by atoms with Crippen molar-refractivity contribution in [2.24, 2.45) is 5.73 Å². The van der Waals surface area contributed by atoms with E-state index in [0.717, 1.165) is 6.07 Å². The average Bonchev–Trinajstić information content (AvgIpc) is 2.42. The van der Waals surface area contributed by atoms with Crippen LogP contribution in [-0.2, 0) is 0 Å². The second-order valence-electron chi connectivity index (χ2n) is 4.00.